The minimum atomic E-state index is -0.189. The molecule has 5 nitrogen and oxygen atoms in total. The number of benzene rings is 2. The first kappa shape index (κ1) is 22.7. The first-order chi connectivity index (χ1) is 16.6. The molecule has 2 heterocycles. The van der Waals surface area contributed by atoms with Crippen LogP contribution in [0.2, 0.25) is 0 Å². The molecule has 1 unspecified atom stereocenters. The number of ether oxygens (including phenoxy) is 1. The quantitative estimate of drug-likeness (QED) is 0.405. The van der Waals surface area contributed by atoms with Crippen molar-refractivity contribution in [2.24, 2.45) is 0 Å². The highest BCUT2D eigenvalue weighted by Gasteiger charge is 2.25. The molecular formula is C27H28FN3O2S. The van der Waals surface area contributed by atoms with Crippen molar-refractivity contribution in [2.75, 3.05) is 13.7 Å². The summed E-state index contributed by atoms with van der Waals surface area (Å²) in [5.41, 5.74) is 3.31. The number of methoxy groups -OCH3 is 1. The Balaban J connectivity index is 1.27. The average Bonchev–Trinajstić information content (AvgIpc) is 3.22. The van der Waals surface area contributed by atoms with Crippen molar-refractivity contribution in [3.05, 3.63) is 92.6 Å². The van der Waals surface area contributed by atoms with Crippen LogP contribution in [0.25, 0.3) is 10.2 Å². The van der Waals surface area contributed by atoms with Gasteiger partial charge in [-0.05, 0) is 73.5 Å². The molecule has 0 saturated heterocycles. The maximum atomic E-state index is 13.4. The second kappa shape index (κ2) is 10.1. The number of rotatable bonds is 8. The predicted molar refractivity (Wildman–Crippen MR) is 134 cm³/mol. The highest BCUT2D eigenvalue weighted by molar-refractivity contribution is 7.18. The van der Waals surface area contributed by atoms with E-state index in [2.05, 4.69) is 10.3 Å². The molecule has 0 radical (unpaired) electrons. The lowest BCUT2D eigenvalue weighted by atomic mass is 9.93. The second-order valence-corrected chi connectivity index (χ2v) is 9.85. The summed E-state index contributed by atoms with van der Waals surface area (Å²) in [7, 11) is 1.67. The second-order valence-electron chi connectivity index (χ2n) is 8.76. The third-order valence-electron chi connectivity index (χ3n) is 6.59. The van der Waals surface area contributed by atoms with Gasteiger partial charge in [-0.2, -0.15) is 0 Å². The molecule has 1 atom stereocenters. The van der Waals surface area contributed by atoms with E-state index in [4.69, 9.17) is 4.74 Å². The average molecular weight is 478 g/mol. The number of aromatic nitrogens is 2. The van der Waals surface area contributed by atoms with E-state index in [1.807, 2.05) is 30.3 Å². The van der Waals surface area contributed by atoms with Crippen LogP contribution >= 0.6 is 11.3 Å². The van der Waals surface area contributed by atoms with Crippen molar-refractivity contribution in [2.45, 2.75) is 44.7 Å². The number of hydrogen-bond acceptors (Lipinski definition) is 5. The number of nitrogens with one attached hydrogen (secondary N) is 1. The highest BCUT2D eigenvalue weighted by atomic mass is 32.1. The number of fused-ring (bicyclic) bond motifs is 3. The molecule has 2 aromatic heterocycles. The molecule has 0 aliphatic heterocycles. The molecule has 0 spiro atoms. The molecule has 7 heteroatoms. The van der Waals surface area contributed by atoms with Crippen molar-refractivity contribution in [1.29, 1.82) is 0 Å². The smallest absolute Gasteiger partial charge is 0.262 e. The Morgan fingerprint density at radius 1 is 1.21 bits per heavy atom. The van der Waals surface area contributed by atoms with Gasteiger partial charge in [0.15, 0.2) is 0 Å². The molecule has 34 heavy (non-hydrogen) atoms. The SMILES string of the molecule is COc1ccccc1CCn1cnc2sc3c(c2c1=O)CCC(NCCc1cccc(F)c1)C3. The monoisotopic (exact) mass is 477 g/mol. The molecule has 5 rings (SSSR count). The minimum absolute atomic E-state index is 0.0508. The maximum Gasteiger partial charge on any atom is 0.262 e. The van der Waals surface area contributed by atoms with Crippen LogP contribution in [-0.2, 0) is 32.2 Å². The fraction of sp³-hybridized carbons (Fsp3) is 0.333. The molecule has 176 valence electrons. The van der Waals surface area contributed by atoms with Crippen molar-refractivity contribution in [3.8, 4) is 5.75 Å². The van der Waals surface area contributed by atoms with Crippen LogP contribution in [0.1, 0.15) is 28.0 Å². The highest BCUT2D eigenvalue weighted by Crippen LogP contribution is 2.33. The molecule has 2 aromatic carbocycles. The Morgan fingerprint density at radius 2 is 2.09 bits per heavy atom. The predicted octanol–water partition coefficient (Wildman–Crippen LogP) is 4.54. The number of nitrogens with zero attached hydrogens (tertiary/aromatic N) is 2. The number of para-hydroxylation sites is 1. The van der Waals surface area contributed by atoms with E-state index in [9.17, 15) is 9.18 Å². The summed E-state index contributed by atoms with van der Waals surface area (Å²) < 4.78 is 20.6. The summed E-state index contributed by atoms with van der Waals surface area (Å²) in [6, 6.07) is 15.1. The molecule has 1 aliphatic carbocycles. The topological polar surface area (TPSA) is 56.2 Å². The van der Waals surface area contributed by atoms with E-state index in [-0.39, 0.29) is 11.4 Å². The van der Waals surface area contributed by atoms with E-state index in [1.54, 1.807) is 41.5 Å². The van der Waals surface area contributed by atoms with Crippen molar-refractivity contribution < 1.29 is 9.13 Å². The Morgan fingerprint density at radius 3 is 2.94 bits per heavy atom. The summed E-state index contributed by atoms with van der Waals surface area (Å²) in [6.45, 7) is 1.37. The lowest BCUT2D eigenvalue weighted by molar-refractivity contribution is 0.408. The van der Waals surface area contributed by atoms with Gasteiger partial charge in [-0.1, -0.05) is 30.3 Å². The zero-order valence-corrected chi connectivity index (χ0v) is 20.0. The van der Waals surface area contributed by atoms with Crippen LogP contribution in [0, 0.1) is 5.82 Å². The van der Waals surface area contributed by atoms with Gasteiger partial charge in [-0.25, -0.2) is 9.37 Å². The van der Waals surface area contributed by atoms with Crippen LogP contribution in [0.5, 0.6) is 5.75 Å². The Kier molecular flexibility index (Phi) is 6.74. The third-order valence-corrected chi connectivity index (χ3v) is 7.75. The molecular weight excluding hydrogens is 449 g/mol. The number of aryl methyl sites for hydroxylation is 3. The van der Waals surface area contributed by atoms with Crippen LogP contribution in [0.15, 0.2) is 59.7 Å². The zero-order valence-electron chi connectivity index (χ0n) is 19.2. The fourth-order valence-corrected chi connectivity index (χ4v) is 6.06. The number of thiophene rings is 1. The van der Waals surface area contributed by atoms with Crippen molar-refractivity contribution >= 4 is 21.6 Å². The molecule has 0 saturated carbocycles. The van der Waals surface area contributed by atoms with Gasteiger partial charge >= 0.3 is 0 Å². The summed E-state index contributed by atoms with van der Waals surface area (Å²) in [6.07, 6.45) is 5.95. The molecule has 0 bridgehead atoms. The minimum Gasteiger partial charge on any atom is -0.496 e. The van der Waals surface area contributed by atoms with Crippen molar-refractivity contribution in [3.63, 3.8) is 0 Å². The first-order valence-electron chi connectivity index (χ1n) is 11.7. The molecule has 0 amide bonds. The Labute approximate surface area is 202 Å². The van der Waals surface area contributed by atoms with E-state index < -0.39 is 0 Å². The molecule has 0 fully saturated rings. The molecule has 4 aromatic rings. The molecule has 1 N–H and O–H groups in total. The van der Waals surface area contributed by atoms with Gasteiger partial charge in [0, 0.05) is 17.5 Å². The summed E-state index contributed by atoms with van der Waals surface area (Å²) in [5.74, 6) is 0.652. The summed E-state index contributed by atoms with van der Waals surface area (Å²) in [4.78, 5) is 20.1. The van der Waals surface area contributed by atoms with E-state index in [0.29, 0.717) is 19.0 Å². The number of halogens is 1. The zero-order chi connectivity index (χ0) is 23.5. The van der Waals surface area contributed by atoms with Crippen molar-refractivity contribution in [1.82, 2.24) is 14.9 Å². The Bertz CT molecular complexity index is 1360. The third kappa shape index (κ3) is 4.76. The standard InChI is InChI=1S/C27H28FN3O2S/c1-33-23-8-3-2-6-19(23)12-14-31-17-30-26-25(27(31)32)22-10-9-21(16-24(22)34-26)29-13-11-18-5-4-7-20(28)15-18/h2-8,15,17,21,29H,9-14,16H2,1H3. The largest absolute Gasteiger partial charge is 0.496 e. The molecule has 1 aliphatic rings. The van der Waals surface area contributed by atoms with Gasteiger partial charge < -0.3 is 10.1 Å². The van der Waals surface area contributed by atoms with E-state index in [0.717, 1.165) is 59.3 Å². The van der Waals surface area contributed by atoms with Gasteiger partial charge in [-0.3, -0.25) is 9.36 Å². The first-order valence-corrected chi connectivity index (χ1v) is 12.5. The van der Waals surface area contributed by atoms with Crippen LogP contribution in [-0.4, -0.2) is 29.2 Å². The lowest BCUT2D eigenvalue weighted by Crippen LogP contribution is -2.35. The van der Waals surface area contributed by atoms with Gasteiger partial charge in [0.2, 0.25) is 0 Å². The van der Waals surface area contributed by atoms with Crippen LogP contribution in [0.3, 0.4) is 0 Å². The van der Waals surface area contributed by atoms with Crippen LogP contribution < -0.4 is 15.6 Å². The van der Waals surface area contributed by atoms with Crippen LogP contribution in [0.4, 0.5) is 4.39 Å². The maximum absolute atomic E-state index is 13.4. The number of hydrogen-bond donors (Lipinski definition) is 1. The Hall–Kier alpha value is -3.03. The van der Waals surface area contributed by atoms with Gasteiger partial charge in [-0.15, -0.1) is 11.3 Å². The summed E-state index contributed by atoms with van der Waals surface area (Å²) >= 11 is 1.64. The van der Waals surface area contributed by atoms with Gasteiger partial charge in [0.05, 0.1) is 18.8 Å². The van der Waals surface area contributed by atoms with E-state index in [1.165, 1.54) is 16.5 Å². The van der Waals surface area contributed by atoms with Gasteiger partial charge in [0.25, 0.3) is 5.56 Å². The normalized spacial score (nSPS) is 15.4. The fourth-order valence-electron chi connectivity index (χ4n) is 4.80. The lowest BCUT2D eigenvalue weighted by Gasteiger charge is -2.23. The van der Waals surface area contributed by atoms with E-state index >= 15 is 0 Å². The van der Waals surface area contributed by atoms with Gasteiger partial charge in [0.1, 0.15) is 16.4 Å². The summed E-state index contributed by atoms with van der Waals surface area (Å²) in [5, 5.41) is 4.41.